The van der Waals surface area contributed by atoms with Crippen molar-refractivity contribution in [2.24, 2.45) is 0 Å². The summed E-state index contributed by atoms with van der Waals surface area (Å²) in [5.74, 6) is -1.83. The Balaban J connectivity index is 1.38. The van der Waals surface area contributed by atoms with Crippen molar-refractivity contribution < 1.29 is 23.9 Å². The Morgan fingerprint density at radius 3 is 2.31 bits per heavy atom. The lowest BCUT2D eigenvalue weighted by molar-refractivity contribution is -0.119. The lowest BCUT2D eigenvalue weighted by Gasteiger charge is -2.13. The molecule has 0 saturated heterocycles. The van der Waals surface area contributed by atoms with Crippen LogP contribution in [-0.4, -0.2) is 41.7 Å². The molecule has 1 N–H and O–H groups in total. The number of benzene rings is 3. The van der Waals surface area contributed by atoms with Crippen LogP contribution in [0, 0.1) is 0 Å². The Labute approximate surface area is 203 Å². The molecule has 0 atom stereocenters. The number of fused-ring (bicyclic) bond motifs is 1. The van der Waals surface area contributed by atoms with E-state index in [1.165, 1.54) is 23.1 Å². The third-order valence-corrected chi connectivity index (χ3v) is 5.86. The number of imide groups is 1. The average molecular weight is 471 g/mol. The molecule has 1 heterocycles. The minimum absolute atomic E-state index is 0.102. The predicted octanol–water partition coefficient (Wildman–Crippen LogP) is 4.44. The average Bonchev–Trinajstić information content (AvgIpc) is 3.10. The lowest BCUT2D eigenvalue weighted by atomic mass is 10.0. The van der Waals surface area contributed by atoms with Crippen LogP contribution < -0.4 is 5.32 Å². The molecule has 3 amide bonds. The molecule has 7 heteroatoms. The minimum Gasteiger partial charge on any atom is -0.452 e. The van der Waals surface area contributed by atoms with Crippen LogP contribution in [0.25, 0.3) is 0 Å². The number of carbonyl (C=O) groups is 4. The SMILES string of the molecule is CC(C)c1ccccc1NC(=O)COC(=O)c1ccc2c(c1)C(=O)N(CCc1ccccc1)C2=O. The quantitative estimate of drug-likeness (QED) is 0.388. The molecule has 1 aliphatic heterocycles. The van der Waals surface area contributed by atoms with Crippen molar-refractivity contribution in [1.82, 2.24) is 4.90 Å². The standard InChI is InChI=1S/C28H26N2O5/c1-18(2)21-10-6-7-11-24(21)29-25(31)17-35-28(34)20-12-13-22-23(16-20)27(33)30(26(22)32)15-14-19-8-4-3-5-9-19/h3-13,16,18H,14-15,17H2,1-2H3,(H,29,31). The molecule has 0 saturated carbocycles. The summed E-state index contributed by atoms with van der Waals surface area (Å²) < 4.78 is 5.16. The third-order valence-electron chi connectivity index (χ3n) is 5.86. The number of nitrogens with one attached hydrogen (secondary N) is 1. The summed E-state index contributed by atoms with van der Waals surface area (Å²) in [4.78, 5) is 51.6. The van der Waals surface area contributed by atoms with Crippen LogP contribution in [0.2, 0.25) is 0 Å². The van der Waals surface area contributed by atoms with Gasteiger partial charge in [-0.2, -0.15) is 0 Å². The van der Waals surface area contributed by atoms with Crippen LogP contribution in [-0.2, 0) is 16.0 Å². The van der Waals surface area contributed by atoms with E-state index >= 15 is 0 Å². The van der Waals surface area contributed by atoms with Crippen LogP contribution in [0.3, 0.4) is 0 Å². The first-order chi connectivity index (χ1) is 16.8. The Morgan fingerprint density at radius 2 is 1.57 bits per heavy atom. The largest absolute Gasteiger partial charge is 0.452 e. The Morgan fingerprint density at radius 1 is 0.886 bits per heavy atom. The van der Waals surface area contributed by atoms with Crippen molar-refractivity contribution in [3.63, 3.8) is 0 Å². The van der Waals surface area contributed by atoms with Crippen molar-refractivity contribution in [2.45, 2.75) is 26.2 Å². The first-order valence-corrected chi connectivity index (χ1v) is 11.4. The number of hydrogen-bond donors (Lipinski definition) is 1. The Hall–Kier alpha value is -4.26. The highest BCUT2D eigenvalue weighted by Gasteiger charge is 2.35. The van der Waals surface area contributed by atoms with Gasteiger partial charge in [-0.25, -0.2) is 4.79 Å². The fraction of sp³-hybridized carbons (Fsp3) is 0.214. The van der Waals surface area contributed by atoms with Gasteiger partial charge < -0.3 is 10.1 Å². The Bertz CT molecular complexity index is 1280. The maximum absolute atomic E-state index is 12.8. The molecule has 7 nitrogen and oxygen atoms in total. The highest BCUT2D eigenvalue weighted by molar-refractivity contribution is 6.22. The maximum Gasteiger partial charge on any atom is 0.338 e. The van der Waals surface area contributed by atoms with Gasteiger partial charge in [-0.1, -0.05) is 62.4 Å². The molecular weight excluding hydrogens is 444 g/mol. The molecule has 3 aromatic carbocycles. The minimum atomic E-state index is -0.747. The van der Waals surface area contributed by atoms with Crippen molar-refractivity contribution in [1.29, 1.82) is 0 Å². The molecule has 3 aromatic rings. The number of nitrogens with zero attached hydrogens (tertiary/aromatic N) is 1. The summed E-state index contributed by atoms with van der Waals surface area (Å²) in [5.41, 5.74) is 3.18. The van der Waals surface area contributed by atoms with E-state index in [4.69, 9.17) is 4.74 Å². The number of rotatable bonds is 8. The number of hydrogen-bond acceptors (Lipinski definition) is 5. The van der Waals surface area contributed by atoms with Gasteiger partial charge in [0.2, 0.25) is 0 Å². The molecule has 0 aliphatic carbocycles. The summed E-state index contributed by atoms with van der Waals surface area (Å²) in [6, 6.07) is 21.2. The molecule has 0 aromatic heterocycles. The molecule has 0 radical (unpaired) electrons. The number of carbonyl (C=O) groups excluding carboxylic acids is 4. The second-order valence-electron chi connectivity index (χ2n) is 8.62. The number of esters is 1. The van der Waals surface area contributed by atoms with Gasteiger partial charge in [-0.3, -0.25) is 19.3 Å². The van der Waals surface area contributed by atoms with Gasteiger partial charge in [0.25, 0.3) is 17.7 Å². The van der Waals surface area contributed by atoms with Gasteiger partial charge in [0.1, 0.15) is 0 Å². The summed E-state index contributed by atoms with van der Waals surface area (Å²) in [6.45, 7) is 3.81. The van der Waals surface area contributed by atoms with Crippen LogP contribution >= 0.6 is 0 Å². The summed E-state index contributed by atoms with van der Waals surface area (Å²) in [6.07, 6.45) is 0.538. The van der Waals surface area contributed by atoms with E-state index < -0.39 is 24.4 Å². The van der Waals surface area contributed by atoms with Crippen molar-refractivity contribution >= 4 is 29.4 Å². The maximum atomic E-state index is 12.8. The summed E-state index contributed by atoms with van der Waals surface area (Å²) >= 11 is 0. The second kappa shape index (κ2) is 10.3. The van der Waals surface area contributed by atoms with Crippen molar-refractivity contribution in [3.05, 3.63) is 101 Å². The molecule has 0 bridgehead atoms. The fourth-order valence-electron chi connectivity index (χ4n) is 4.02. The van der Waals surface area contributed by atoms with Crippen LogP contribution in [0.5, 0.6) is 0 Å². The smallest absolute Gasteiger partial charge is 0.338 e. The van der Waals surface area contributed by atoms with Crippen molar-refractivity contribution in [3.8, 4) is 0 Å². The molecule has 178 valence electrons. The van der Waals surface area contributed by atoms with E-state index in [0.717, 1.165) is 11.1 Å². The van der Waals surface area contributed by atoms with Crippen LogP contribution in [0.15, 0.2) is 72.8 Å². The van der Waals surface area contributed by atoms with E-state index in [9.17, 15) is 19.2 Å². The van der Waals surface area contributed by atoms with Crippen LogP contribution in [0.4, 0.5) is 5.69 Å². The molecular formula is C28H26N2O5. The van der Waals surface area contributed by atoms with Crippen LogP contribution in [0.1, 0.15) is 62.0 Å². The molecule has 0 unspecified atom stereocenters. The number of anilines is 1. The predicted molar refractivity (Wildman–Crippen MR) is 131 cm³/mol. The van der Waals surface area contributed by atoms with Gasteiger partial charge >= 0.3 is 5.97 Å². The first-order valence-electron chi connectivity index (χ1n) is 11.4. The number of ether oxygens (including phenoxy) is 1. The zero-order chi connectivity index (χ0) is 24.9. The molecule has 0 fully saturated rings. The lowest BCUT2D eigenvalue weighted by Crippen LogP contribution is -2.31. The van der Waals surface area contributed by atoms with Gasteiger partial charge in [0.15, 0.2) is 6.61 Å². The molecule has 1 aliphatic rings. The van der Waals surface area contributed by atoms with Gasteiger partial charge in [0.05, 0.1) is 16.7 Å². The van der Waals surface area contributed by atoms with Gasteiger partial charge in [0, 0.05) is 12.2 Å². The topological polar surface area (TPSA) is 92.8 Å². The van der Waals surface area contributed by atoms with E-state index in [2.05, 4.69) is 5.32 Å². The van der Waals surface area contributed by atoms with Gasteiger partial charge in [-0.15, -0.1) is 0 Å². The highest BCUT2D eigenvalue weighted by Crippen LogP contribution is 2.25. The zero-order valence-corrected chi connectivity index (χ0v) is 19.6. The second-order valence-corrected chi connectivity index (χ2v) is 8.62. The number of amides is 3. The van der Waals surface area contributed by atoms with Gasteiger partial charge in [-0.05, 0) is 47.7 Å². The molecule has 0 spiro atoms. The Kier molecular flexibility index (Phi) is 7.06. The summed E-state index contributed by atoms with van der Waals surface area (Å²) in [5, 5.41) is 2.76. The van der Waals surface area contributed by atoms with E-state index in [1.807, 2.05) is 62.4 Å². The summed E-state index contributed by atoms with van der Waals surface area (Å²) in [7, 11) is 0. The fourth-order valence-corrected chi connectivity index (χ4v) is 4.02. The van der Waals surface area contributed by atoms with E-state index in [-0.39, 0.29) is 35.1 Å². The van der Waals surface area contributed by atoms with E-state index in [0.29, 0.717) is 12.1 Å². The third kappa shape index (κ3) is 5.30. The monoisotopic (exact) mass is 470 g/mol. The number of para-hydroxylation sites is 1. The molecule has 35 heavy (non-hydrogen) atoms. The van der Waals surface area contributed by atoms with E-state index in [1.54, 1.807) is 6.07 Å². The van der Waals surface area contributed by atoms with Crippen molar-refractivity contribution in [2.75, 3.05) is 18.5 Å². The zero-order valence-electron chi connectivity index (χ0n) is 19.6. The highest BCUT2D eigenvalue weighted by atomic mass is 16.5. The first kappa shape index (κ1) is 23.9. The molecule has 4 rings (SSSR count). The normalized spacial score (nSPS) is 12.6.